The number of nitrogens with one attached hydrogen (secondary N) is 1. The van der Waals surface area contributed by atoms with Crippen molar-refractivity contribution in [1.82, 2.24) is 10.3 Å². The van der Waals surface area contributed by atoms with Crippen molar-refractivity contribution >= 4 is 23.5 Å². The number of alkyl halides is 2. The molecule has 1 rings (SSSR count). The molecule has 0 bridgehead atoms. The Morgan fingerprint density at radius 3 is 2.58 bits per heavy atom. The quantitative estimate of drug-likeness (QED) is 0.831. The van der Waals surface area contributed by atoms with E-state index in [0.717, 1.165) is 7.11 Å². The lowest BCUT2D eigenvalue weighted by molar-refractivity contribution is -0.149. The van der Waals surface area contributed by atoms with Gasteiger partial charge in [0, 0.05) is 6.20 Å². The number of ether oxygens (including phenoxy) is 1. The fourth-order valence-electron chi connectivity index (χ4n) is 1.29. The van der Waals surface area contributed by atoms with Gasteiger partial charge in [-0.2, -0.15) is 0 Å². The van der Waals surface area contributed by atoms with E-state index in [9.17, 15) is 18.4 Å². The second-order valence-corrected chi connectivity index (χ2v) is 4.04. The summed E-state index contributed by atoms with van der Waals surface area (Å²) in [5, 5.41) is 1.92. The Labute approximate surface area is 112 Å². The first-order valence-electron chi connectivity index (χ1n) is 5.14. The molecule has 1 aromatic rings. The highest BCUT2D eigenvalue weighted by molar-refractivity contribution is 6.33. The Morgan fingerprint density at radius 1 is 1.47 bits per heavy atom. The highest BCUT2D eigenvalue weighted by Gasteiger charge is 2.42. The summed E-state index contributed by atoms with van der Waals surface area (Å²) < 4.78 is 30.1. The monoisotopic (exact) mass is 292 g/mol. The van der Waals surface area contributed by atoms with Gasteiger partial charge in [0.1, 0.15) is 19.0 Å². The SMILES string of the molecule is COC(=O)C(CF)(CF)NC(=O)c1ncccc1Cl. The second kappa shape index (κ2) is 6.42. The van der Waals surface area contributed by atoms with Crippen molar-refractivity contribution in [3.63, 3.8) is 0 Å². The van der Waals surface area contributed by atoms with Gasteiger partial charge in [-0.1, -0.05) is 11.6 Å². The molecule has 0 saturated carbocycles. The maximum Gasteiger partial charge on any atom is 0.337 e. The van der Waals surface area contributed by atoms with Gasteiger partial charge in [0.15, 0.2) is 5.54 Å². The van der Waals surface area contributed by atoms with E-state index in [4.69, 9.17) is 11.6 Å². The van der Waals surface area contributed by atoms with Gasteiger partial charge in [-0.3, -0.25) is 4.79 Å². The largest absolute Gasteiger partial charge is 0.467 e. The third kappa shape index (κ3) is 3.17. The predicted molar refractivity (Wildman–Crippen MR) is 63.4 cm³/mol. The summed E-state index contributed by atoms with van der Waals surface area (Å²) >= 11 is 5.72. The van der Waals surface area contributed by atoms with Gasteiger partial charge >= 0.3 is 5.97 Å². The number of aromatic nitrogens is 1. The smallest absolute Gasteiger partial charge is 0.337 e. The van der Waals surface area contributed by atoms with Crippen molar-refractivity contribution in [2.45, 2.75) is 5.54 Å². The van der Waals surface area contributed by atoms with Gasteiger partial charge in [-0.25, -0.2) is 18.6 Å². The molecular weight excluding hydrogens is 282 g/mol. The predicted octanol–water partition coefficient (Wildman–Crippen LogP) is 1.32. The minimum atomic E-state index is -2.38. The molecular formula is C11H11ClF2N2O3. The number of carbonyl (C=O) groups excluding carboxylic acids is 2. The summed E-state index contributed by atoms with van der Waals surface area (Å²) in [6.45, 7) is -2.90. The highest BCUT2D eigenvalue weighted by atomic mass is 35.5. The number of esters is 1. The third-order valence-electron chi connectivity index (χ3n) is 2.36. The molecule has 5 nitrogen and oxygen atoms in total. The molecule has 0 radical (unpaired) electrons. The van der Waals surface area contributed by atoms with E-state index in [1.54, 1.807) is 0 Å². The average molecular weight is 293 g/mol. The van der Waals surface area contributed by atoms with Crippen LogP contribution in [0, 0.1) is 0 Å². The van der Waals surface area contributed by atoms with Gasteiger partial charge in [-0.05, 0) is 12.1 Å². The molecule has 0 aliphatic rings. The number of rotatable bonds is 5. The zero-order valence-electron chi connectivity index (χ0n) is 9.95. The van der Waals surface area contributed by atoms with Crippen LogP contribution in [0.2, 0.25) is 5.02 Å². The van der Waals surface area contributed by atoms with Crippen LogP contribution >= 0.6 is 11.6 Å². The van der Waals surface area contributed by atoms with E-state index in [-0.39, 0.29) is 10.7 Å². The Kier molecular flexibility index (Phi) is 5.17. The lowest BCUT2D eigenvalue weighted by atomic mass is 10.0. The molecule has 1 aromatic heterocycles. The van der Waals surface area contributed by atoms with Crippen LogP contribution in [0.25, 0.3) is 0 Å². The van der Waals surface area contributed by atoms with Crippen LogP contribution in [-0.2, 0) is 9.53 Å². The van der Waals surface area contributed by atoms with E-state index in [1.165, 1.54) is 18.3 Å². The molecule has 19 heavy (non-hydrogen) atoms. The molecule has 0 fully saturated rings. The lowest BCUT2D eigenvalue weighted by Gasteiger charge is -2.25. The fraction of sp³-hybridized carbons (Fsp3) is 0.364. The number of methoxy groups -OCH3 is 1. The molecule has 0 atom stereocenters. The topological polar surface area (TPSA) is 68.3 Å². The maximum atomic E-state index is 12.9. The number of pyridine rings is 1. The lowest BCUT2D eigenvalue weighted by Crippen LogP contribution is -2.58. The van der Waals surface area contributed by atoms with Crippen LogP contribution < -0.4 is 5.32 Å². The Bertz CT molecular complexity index is 481. The second-order valence-electron chi connectivity index (χ2n) is 3.63. The van der Waals surface area contributed by atoms with Gasteiger partial charge in [0.05, 0.1) is 12.1 Å². The number of hydrogen-bond acceptors (Lipinski definition) is 4. The summed E-state index contributed by atoms with van der Waals surface area (Å²) in [5.41, 5.74) is -2.62. The van der Waals surface area contributed by atoms with Crippen molar-refractivity contribution < 1.29 is 23.1 Å². The summed E-state index contributed by atoms with van der Waals surface area (Å²) in [6.07, 6.45) is 1.28. The summed E-state index contributed by atoms with van der Waals surface area (Å²) in [4.78, 5) is 26.9. The third-order valence-corrected chi connectivity index (χ3v) is 2.66. The van der Waals surface area contributed by atoms with E-state index in [0.29, 0.717) is 0 Å². The summed E-state index contributed by atoms with van der Waals surface area (Å²) in [6, 6.07) is 2.87. The zero-order valence-corrected chi connectivity index (χ0v) is 10.7. The van der Waals surface area contributed by atoms with E-state index in [1.807, 2.05) is 5.32 Å². The minimum absolute atomic E-state index is 0.00326. The standard InChI is InChI=1S/C11H11ClF2N2O3/c1-19-10(18)11(5-13,6-14)16-9(17)8-7(12)3-2-4-15-8/h2-4H,5-6H2,1H3,(H,16,17). The Hall–Kier alpha value is -1.76. The normalized spacial score (nSPS) is 10.9. The molecule has 0 saturated heterocycles. The van der Waals surface area contributed by atoms with Crippen molar-refractivity contribution in [1.29, 1.82) is 0 Å². The number of halogens is 3. The number of carbonyl (C=O) groups is 2. The molecule has 0 aliphatic heterocycles. The maximum absolute atomic E-state index is 12.9. The summed E-state index contributed by atoms with van der Waals surface area (Å²) in [7, 11) is 0.961. The first-order valence-corrected chi connectivity index (χ1v) is 5.52. The van der Waals surface area contributed by atoms with E-state index >= 15 is 0 Å². The van der Waals surface area contributed by atoms with Crippen LogP contribution in [0.4, 0.5) is 8.78 Å². The molecule has 0 aliphatic carbocycles. The van der Waals surface area contributed by atoms with Gasteiger partial charge in [-0.15, -0.1) is 0 Å². The van der Waals surface area contributed by atoms with Gasteiger partial charge in [0.25, 0.3) is 5.91 Å². The fourth-order valence-corrected chi connectivity index (χ4v) is 1.49. The molecule has 1 heterocycles. The van der Waals surface area contributed by atoms with Crippen LogP contribution in [0.5, 0.6) is 0 Å². The minimum Gasteiger partial charge on any atom is -0.467 e. The Morgan fingerprint density at radius 2 is 2.11 bits per heavy atom. The first-order chi connectivity index (χ1) is 9.00. The molecule has 0 unspecified atom stereocenters. The van der Waals surface area contributed by atoms with E-state index < -0.39 is 30.8 Å². The Balaban J connectivity index is 3.01. The van der Waals surface area contributed by atoms with Gasteiger partial charge < -0.3 is 10.1 Å². The van der Waals surface area contributed by atoms with Crippen molar-refractivity contribution in [2.75, 3.05) is 20.5 Å². The van der Waals surface area contributed by atoms with Crippen molar-refractivity contribution in [2.24, 2.45) is 0 Å². The van der Waals surface area contributed by atoms with Crippen LogP contribution in [0.1, 0.15) is 10.5 Å². The molecule has 104 valence electrons. The molecule has 1 N–H and O–H groups in total. The first kappa shape index (κ1) is 15.3. The zero-order chi connectivity index (χ0) is 14.5. The number of amides is 1. The van der Waals surface area contributed by atoms with Crippen molar-refractivity contribution in [3.8, 4) is 0 Å². The number of nitrogens with zero attached hydrogens (tertiary/aromatic N) is 1. The van der Waals surface area contributed by atoms with Crippen molar-refractivity contribution in [3.05, 3.63) is 29.0 Å². The van der Waals surface area contributed by atoms with Crippen LogP contribution in [0.3, 0.4) is 0 Å². The van der Waals surface area contributed by atoms with Gasteiger partial charge in [0.2, 0.25) is 0 Å². The number of hydrogen-bond donors (Lipinski definition) is 1. The molecule has 0 spiro atoms. The van der Waals surface area contributed by atoms with Crippen LogP contribution in [-0.4, -0.2) is 42.9 Å². The molecule has 0 aromatic carbocycles. The average Bonchev–Trinajstić information content (AvgIpc) is 2.44. The van der Waals surface area contributed by atoms with E-state index in [2.05, 4.69) is 9.72 Å². The molecule has 1 amide bonds. The molecule has 8 heteroatoms. The highest BCUT2D eigenvalue weighted by Crippen LogP contribution is 2.15. The van der Waals surface area contributed by atoms with Crippen LogP contribution in [0.15, 0.2) is 18.3 Å². The summed E-state index contributed by atoms with van der Waals surface area (Å²) in [5.74, 6) is -2.19.